The van der Waals surface area contributed by atoms with Crippen molar-refractivity contribution in [2.75, 3.05) is 39.3 Å². The molecule has 2 unspecified atom stereocenters. The van der Waals surface area contributed by atoms with Crippen LogP contribution in [0.2, 0.25) is 0 Å². The third kappa shape index (κ3) is 4.43. The minimum atomic E-state index is -0.469. The standard InChI is InChI=1S/C15H29N3O2/c1-2-20-15(19)14(16)7-11-17-10-6-13(12-17)18-8-4-3-5-9-18/h13-14H,2-12,16H2,1H3. The first-order valence-electron chi connectivity index (χ1n) is 8.09. The maximum atomic E-state index is 11.5. The second kappa shape index (κ2) is 7.96. The average molecular weight is 283 g/mol. The summed E-state index contributed by atoms with van der Waals surface area (Å²) in [6.07, 6.45) is 6.05. The third-order valence-corrected chi connectivity index (χ3v) is 4.50. The maximum Gasteiger partial charge on any atom is 0.322 e. The highest BCUT2D eigenvalue weighted by molar-refractivity contribution is 5.75. The van der Waals surface area contributed by atoms with E-state index in [2.05, 4.69) is 9.80 Å². The van der Waals surface area contributed by atoms with Crippen LogP contribution in [0.3, 0.4) is 0 Å². The molecule has 5 heteroatoms. The van der Waals surface area contributed by atoms with Gasteiger partial charge in [-0.1, -0.05) is 6.42 Å². The van der Waals surface area contributed by atoms with Crippen molar-refractivity contribution in [2.24, 2.45) is 5.73 Å². The molecule has 2 saturated heterocycles. The van der Waals surface area contributed by atoms with E-state index in [-0.39, 0.29) is 5.97 Å². The van der Waals surface area contributed by atoms with E-state index in [1.807, 2.05) is 6.92 Å². The van der Waals surface area contributed by atoms with Gasteiger partial charge in [-0.15, -0.1) is 0 Å². The molecule has 0 saturated carbocycles. The van der Waals surface area contributed by atoms with E-state index >= 15 is 0 Å². The number of ether oxygens (including phenoxy) is 1. The zero-order valence-electron chi connectivity index (χ0n) is 12.7. The molecule has 2 aliphatic rings. The number of nitrogens with zero attached hydrogens (tertiary/aromatic N) is 2. The lowest BCUT2D eigenvalue weighted by Gasteiger charge is -2.32. The Kier molecular flexibility index (Phi) is 6.26. The number of piperidine rings is 1. The van der Waals surface area contributed by atoms with Gasteiger partial charge in [0.25, 0.3) is 0 Å². The van der Waals surface area contributed by atoms with Gasteiger partial charge in [0.05, 0.1) is 6.61 Å². The van der Waals surface area contributed by atoms with Gasteiger partial charge in [-0.2, -0.15) is 0 Å². The van der Waals surface area contributed by atoms with Crippen LogP contribution in [0.4, 0.5) is 0 Å². The number of carbonyl (C=O) groups excluding carboxylic acids is 1. The van der Waals surface area contributed by atoms with Gasteiger partial charge in [0, 0.05) is 19.1 Å². The molecule has 20 heavy (non-hydrogen) atoms. The zero-order chi connectivity index (χ0) is 14.4. The van der Waals surface area contributed by atoms with Crippen molar-refractivity contribution >= 4 is 5.97 Å². The molecule has 2 heterocycles. The highest BCUT2D eigenvalue weighted by Gasteiger charge is 2.28. The van der Waals surface area contributed by atoms with E-state index in [0.29, 0.717) is 19.1 Å². The van der Waals surface area contributed by atoms with Gasteiger partial charge in [0.2, 0.25) is 0 Å². The fourth-order valence-electron chi connectivity index (χ4n) is 3.29. The Labute approximate surface area is 122 Å². The molecular formula is C15H29N3O2. The van der Waals surface area contributed by atoms with Crippen molar-refractivity contribution in [3.63, 3.8) is 0 Å². The molecule has 2 N–H and O–H groups in total. The van der Waals surface area contributed by atoms with Gasteiger partial charge in [-0.25, -0.2) is 0 Å². The van der Waals surface area contributed by atoms with Crippen LogP contribution in [0.1, 0.15) is 39.0 Å². The molecule has 2 rings (SSSR count). The molecule has 0 spiro atoms. The van der Waals surface area contributed by atoms with Gasteiger partial charge >= 0.3 is 5.97 Å². The Morgan fingerprint density at radius 2 is 2.05 bits per heavy atom. The Morgan fingerprint density at radius 3 is 2.75 bits per heavy atom. The van der Waals surface area contributed by atoms with Crippen LogP contribution in [-0.2, 0) is 9.53 Å². The van der Waals surface area contributed by atoms with Crippen LogP contribution in [0.5, 0.6) is 0 Å². The Morgan fingerprint density at radius 1 is 1.30 bits per heavy atom. The molecule has 0 aromatic heterocycles. The third-order valence-electron chi connectivity index (χ3n) is 4.50. The zero-order valence-corrected chi connectivity index (χ0v) is 12.7. The molecule has 2 atom stereocenters. The van der Waals surface area contributed by atoms with E-state index in [1.54, 1.807) is 0 Å². The van der Waals surface area contributed by atoms with Crippen molar-refractivity contribution in [3.05, 3.63) is 0 Å². The summed E-state index contributed by atoms with van der Waals surface area (Å²) in [6.45, 7) is 7.93. The van der Waals surface area contributed by atoms with Gasteiger partial charge in [0.1, 0.15) is 6.04 Å². The van der Waals surface area contributed by atoms with E-state index in [1.165, 1.54) is 38.8 Å². The summed E-state index contributed by atoms with van der Waals surface area (Å²) >= 11 is 0. The van der Waals surface area contributed by atoms with Gasteiger partial charge in [-0.3, -0.25) is 9.69 Å². The highest BCUT2D eigenvalue weighted by Crippen LogP contribution is 2.20. The quantitative estimate of drug-likeness (QED) is 0.732. The predicted molar refractivity (Wildman–Crippen MR) is 79.5 cm³/mol. The van der Waals surface area contributed by atoms with Gasteiger partial charge in [-0.05, 0) is 52.2 Å². The summed E-state index contributed by atoms with van der Waals surface area (Å²) in [5, 5.41) is 0. The van der Waals surface area contributed by atoms with E-state index in [4.69, 9.17) is 10.5 Å². The molecule has 0 bridgehead atoms. The Bertz CT molecular complexity index is 305. The van der Waals surface area contributed by atoms with Crippen molar-refractivity contribution in [1.82, 2.24) is 9.80 Å². The predicted octanol–water partition coefficient (Wildman–Crippen LogP) is 0.827. The largest absolute Gasteiger partial charge is 0.465 e. The molecule has 2 aliphatic heterocycles. The molecular weight excluding hydrogens is 254 g/mol. The highest BCUT2D eigenvalue weighted by atomic mass is 16.5. The van der Waals surface area contributed by atoms with Crippen molar-refractivity contribution in [3.8, 4) is 0 Å². The molecule has 0 radical (unpaired) electrons. The molecule has 2 fully saturated rings. The summed E-state index contributed by atoms with van der Waals surface area (Å²) in [6, 6.07) is 0.248. The van der Waals surface area contributed by atoms with Crippen molar-refractivity contribution < 1.29 is 9.53 Å². The van der Waals surface area contributed by atoms with Crippen LogP contribution >= 0.6 is 0 Å². The molecule has 0 aromatic rings. The van der Waals surface area contributed by atoms with Crippen molar-refractivity contribution in [2.45, 2.75) is 51.1 Å². The SMILES string of the molecule is CCOC(=O)C(N)CCN1CCC(N2CCCCC2)C1. The van der Waals surface area contributed by atoms with E-state index in [0.717, 1.165) is 19.6 Å². The summed E-state index contributed by atoms with van der Waals surface area (Å²) in [4.78, 5) is 16.6. The number of hydrogen-bond acceptors (Lipinski definition) is 5. The lowest BCUT2D eigenvalue weighted by molar-refractivity contribution is -0.144. The number of nitrogens with two attached hydrogens (primary N) is 1. The summed E-state index contributed by atoms with van der Waals surface area (Å²) in [7, 11) is 0. The second-order valence-electron chi connectivity index (χ2n) is 5.99. The number of hydrogen-bond donors (Lipinski definition) is 1. The van der Waals surface area contributed by atoms with Crippen LogP contribution in [0.25, 0.3) is 0 Å². The lowest BCUT2D eigenvalue weighted by Crippen LogP contribution is -2.41. The molecule has 5 nitrogen and oxygen atoms in total. The van der Waals surface area contributed by atoms with E-state index in [9.17, 15) is 4.79 Å². The smallest absolute Gasteiger partial charge is 0.322 e. The molecule has 0 amide bonds. The Hall–Kier alpha value is -0.650. The van der Waals surface area contributed by atoms with E-state index < -0.39 is 6.04 Å². The molecule has 116 valence electrons. The molecule has 0 aromatic carbocycles. The van der Waals surface area contributed by atoms with Crippen LogP contribution in [-0.4, -0.2) is 67.2 Å². The minimum absolute atomic E-state index is 0.265. The van der Waals surface area contributed by atoms with Gasteiger partial charge < -0.3 is 15.4 Å². The second-order valence-corrected chi connectivity index (χ2v) is 5.99. The monoisotopic (exact) mass is 283 g/mol. The maximum absolute atomic E-state index is 11.5. The first kappa shape index (κ1) is 15.7. The number of rotatable bonds is 6. The molecule has 0 aliphatic carbocycles. The topological polar surface area (TPSA) is 58.8 Å². The summed E-state index contributed by atoms with van der Waals surface area (Å²) < 4.78 is 4.94. The average Bonchev–Trinajstić information content (AvgIpc) is 2.95. The lowest BCUT2D eigenvalue weighted by atomic mass is 10.1. The minimum Gasteiger partial charge on any atom is -0.465 e. The normalized spacial score (nSPS) is 26.6. The number of likely N-dealkylation sites (tertiary alicyclic amines) is 2. The first-order chi connectivity index (χ1) is 9.70. The first-order valence-corrected chi connectivity index (χ1v) is 8.09. The Balaban J connectivity index is 1.66. The van der Waals surface area contributed by atoms with Crippen molar-refractivity contribution in [1.29, 1.82) is 0 Å². The van der Waals surface area contributed by atoms with Gasteiger partial charge in [0.15, 0.2) is 0 Å². The van der Waals surface area contributed by atoms with Crippen LogP contribution < -0.4 is 5.73 Å². The number of carbonyl (C=O) groups is 1. The summed E-state index contributed by atoms with van der Waals surface area (Å²) in [5.74, 6) is -0.265. The fourth-order valence-corrected chi connectivity index (χ4v) is 3.29. The fraction of sp³-hybridized carbons (Fsp3) is 0.933. The van der Waals surface area contributed by atoms with Crippen LogP contribution in [0.15, 0.2) is 0 Å². The summed E-state index contributed by atoms with van der Waals surface area (Å²) in [5.41, 5.74) is 5.85. The number of esters is 1. The van der Waals surface area contributed by atoms with Crippen LogP contribution in [0, 0.1) is 0 Å².